The van der Waals surface area contributed by atoms with Crippen LogP contribution in [-0.4, -0.2) is 45.9 Å². The lowest BCUT2D eigenvalue weighted by Gasteiger charge is -2.43. The zero-order chi connectivity index (χ0) is 13.6. The standard InChI is InChI=1S/C14H21N3O2/c1-10-7-11(2)17(15-10)12-8-16(9-12)13(18)14(3)5-4-6-19-14/h7,12H,4-6,8-9H2,1-3H3/t14-/m0/s1. The molecule has 19 heavy (non-hydrogen) atoms. The van der Waals surface area contributed by atoms with E-state index in [1.54, 1.807) is 0 Å². The maximum atomic E-state index is 12.4. The second kappa shape index (κ2) is 4.34. The van der Waals surface area contributed by atoms with Gasteiger partial charge in [-0.25, -0.2) is 0 Å². The molecule has 0 saturated carbocycles. The van der Waals surface area contributed by atoms with Crippen LogP contribution in [0.1, 0.15) is 37.2 Å². The summed E-state index contributed by atoms with van der Waals surface area (Å²) in [6, 6.07) is 2.40. The summed E-state index contributed by atoms with van der Waals surface area (Å²) in [7, 11) is 0. The highest BCUT2D eigenvalue weighted by atomic mass is 16.5. The van der Waals surface area contributed by atoms with Gasteiger partial charge in [-0.2, -0.15) is 5.10 Å². The number of hydrogen-bond donors (Lipinski definition) is 0. The summed E-state index contributed by atoms with van der Waals surface area (Å²) >= 11 is 0. The highest BCUT2D eigenvalue weighted by Crippen LogP contribution is 2.31. The number of carbonyl (C=O) groups is 1. The van der Waals surface area contributed by atoms with E-state index in [0.29, 0.717) is 12.6 Å². The first-order valence-corrected chi connectivity index (χ1v) is 6.96. The van der Waals surface area contributed by atoms with E-state index in [-0.39, 0.29) is 5.91 Å². The summed E-state index contributed by atoms with van der Waals surface area (Å²) in [6.07, 6.45) is 1.82. The molecule has 2 fully saturated rings. The van der Waals surface area contributed by atoms with Crippen molar-refractivity contribution in [2.75, 3.05) is 19.7 Å². The normalized spacial score (nSPS) is 27.6. The minimum absolute atomic E-state index is 0.141. The van der Waals surface area contributed by atoms with Gasteiger partial charge in [0.05, 0.1) is 11.7 Å². The lowest BCUT2D eigenvalue weighted by atomic mass is 9.97. The molecule has 104 valence electrons. The van der Waals surface area contributed by atoms with Crippen LogP contribution in [0.3, 0.4) is 0 Å². The Morgan fingerprint density at radius 2 is 2.21 bits per heavy atom. The zero-order valence-corrected chi connectivity index (χ0v) is 11.8. The Bertz CT molecular complexity index is 497. The van der Waals surface area contributed by atoms with E-state index in [0.717, 1.165) is 37.3 Å². The summed E-state index contributed by atoms with van der Waals surface area (Å²) < 4.78 is 7.65. The number of amides is 1. The Labute approximate surface area is 113 Å². The topological polar surface area (TPSA) is 47.4 Å². The Morgan fingerprint density at radius 3 is 2.74 bits per heavy atom. The molecule has 1 atom stereocenters. The minimum atomic E-state index is -0.583. The number of nitrogens with zero attached hydrogens (tertiary/aromatic N) is 3. The van der Waals surface area contributed by atoms with Gasteiger partial charge in [0, 0.05) is 25.4 Å². The van der Waals surface area contributed by atoms with Gasteiger partial charge >= 0.3 is 0 Å². The Morgan fingerprint density at radius 1 is 1.47 bits per heavy atom. The molecule has 5 heteroatoms. The van der Waals surface area contributed by atoms with Crippen molar-refractivity contribution in [2.45, 2.75) is 45.3 Å². The first kappa shape index (κ1) is 12.7. The lowest BCUT2D eigenvalue weighted by molar-refractivity contribution is -0.157. The lowest BCUT2D eigenvalue weighted by Crippen LogP contribution is -2.57. The minimum Gasteiger partial charge on any atom is -0.365 e. The molecule has 0 bridgehead atoms. The largest absolute Gasteiger partial charge is 0.365 e. The fourth-order valence-electron chi connectivity index (χ4n) is 3.07. The molecule has 0 spiro atoms. The first-order chi connectivity index (χ1) is 8.99. The molecule has 0 unspecified atom stereocenters. The maximum Gasteiger partial charge on any atom is 0.254 e. The summed E-state index contributed by atoms with van der Waals surface area (Å²) in [5.74, 6) is 0.141. The third kappa shape index (κ3) is 2.06. The van der Waals surface area contributed by atoms with Crippen molar-refractivity contribution in [2.24, 2.45) is 0 Å². The molecule has 3 heterocycles. The molecular weight excluding hydrogens is 242 g/mol. The number of rotatable bonds is 2. The van der Waals surface area contributed by atoms with Crippen LogP contribution in [0.15, 0.2) is 6.07 Å². The molecule has 3 rings (SSSR count). The van der Waals surface area contributed by atoms with Crippen LogP contribution in [0, 0.1) is 13.8 Å². The van der Waals surface area contributed by atoms with Crippen molar-refractivity contribution >= 4 is 5.91 Å². The fraction of sp³-hybridized carbons (Fsp3) is 0.714. The van der Waals surface area contributed by atoms with Crippen LogP contribution in [0.2, 0.25) is 0 Å². The van der Waals surface area contributed by atoms with Crippen LogP contribution in [0.5, 0.6) is 0 Å². The second-order valence-electron chi connectivity index (χ2n) is 5.92. The molecule has 0 aromatic carbocycles. The molecule has 2 saturated heterocycles. The Hall–Kier alpha value is -1.36. The van der Waals surface area contributed by atoms with E-state index in [4.69, 9.17) is 4.74 Å². The van der Waals surface area contributed by atoms with Crippen LogP contribution >= 0.6 is 0 Å². The van der Waals surface area contributed by atoms with Crippen molar-refractivity contribution in [3.8, 4) is 0 Å². The number of hydrogen-bond acceptors (Lipinski definition) is 3. The smallest absolute Gasteiger partial charge is 0.254 e. The molecule has 0 aliphatic carbocycles. The monoisotopic (exact) mass is 263 g/mol. The van der Waals surface area contributed by atoms with Crippen LogP contribution in [-0.2, 0) is 9.53 Å². The number of carbonyl (C=O) groups excluding carboxylic acids is 1. The van der Waals surface area contributed by atoms with E-state index in [1.165, 1.54) is 0 Å². The molecule has 1 amide bonds. The number of likely N-dealkylation sites (tertiary alicyclic amines) is 1. The summed E-state index contributed by atoms with van der Waals surface area (Å²) in [4.78, 5) is 14.3. The van der Waals surface area contributed by atoms with E-state index < -0.39 is 5.60 Å². The average molecular weight is 263 g/mol. The van der Waals surface area contributed by atoms with Crippen molar-refractivity contribution in [1.82, 2.24) is 14.7 Å². The van der Waals surface area contributed by atoms with Gasteiger partial charge in [0.25, 0.3) is 5.91 Å². The number of ether oxygens (including phenoxy) is 1. The number of aryl methyl sites for hydroxylation is 2. The van der Waals surface area contributed by atoms with E-state index >= 15 is 0 Å². The SMILES string of the molecule is Cc1cc(C)n(C2CN(C(=O)[C@]3(C)CCCO3)C2)n1. The van der Waals surface area contributed by atoms with Crippen LogP contribution in [0.4, 0.5) is 0 Å². The molecule has 2 aliphatic heterocycles. The first-order valence-electron chi connectivity index (χ1n) is 6.96. The van der Waals surface area contributed by atoms with Gasteiger partial charge in [-0.15, -0.1) is 0 Å². The fourth-order valence-corrected chi connectivity index (χ4v) is 3.07. The van der Waals surface area contributed by atoms with Crippen LogP contribution < -0.4 is 0 Å². The van der Waals surface area contributed by atoms with Crippen molar-refractivity contribution in [3.63, 3.8) is 0 Å². The Kier molecular flexibility index (Phi) is 2.89. The van der Waals surface area contributed by atoms with Gasteiger partial charge in [-0.05, 0) is 39.7 Å². The number of aromatic nitrogens is 2. The Balaban J connectivity index is 1.64. The van der Waals surface area contributed by atoms with E-state index in [9.17, 15) is 4.79 Å². The third-order valence-electron chi connectivity index (χ3n) is 4.21. The molecule has 5 nitrogen and oxygen atoms in total. The van der Waals surface area contributed by atoms with Gasteiger partial charge in [0.1, 0.15) is 5.60 Å². The molecule has 0 radical (unpaired) electrons. The van der Waals surface area contributed by atoms with Crippen molar-refractivity contribution in [3.05, 3.63) is 17.5 Å². The maximum absolute atomic E-state index is 12.4. The summed E-state index contributed by atoms with van der Waals surface area (Å²) in [5, 5.41) is 4.49. The molecule has 2 aliphatic rings. The predicted molar refractivity (Wildman–Crippen MR) is 70.9 cm³/mol. The molecular formula is C14H21N3O2. The van der Waals surface area contributed by atoms with Gasteiger partial charge in [0.2, 0.25) is 0 Å². The van der Waals surface area contributed by atoms with E-state index in [2.05, 4.69) is 18.1 Å². The second-order valence-corrected chi connectivity index (χ2v) is 5.92. The summed E-state index contributed by atoms with van der Waals surface area (Å²) in [6.45, 7) is 8.18. The van der Waals surface area contributed by atoms with Crippen LogP contribution in [0.25, 0.3) is 0 Å². The molecule has 1 aromatic heterocycles. The van der Waals surface area contributed by atoms with Gasteiger partial charge in [-0.1, -0.05) is 0 Å². The van der Waals surface area contributed by atoms with Gasteiger partial charge < -0.3 is 9.64 Å². The third-order valence-corrected chi connectivity index (χ3v) is 4.21. The van der Waals surface area contributed by atoms with E-state index in [1.807, 2.05) is 23.4 Å². The van der Waals surface area contributed by atoms with Crippen molar-refractivity contribution < 1.29 is 9.53 Å². The highest BCUT2D eigenvalue weighted by Gasteiger charge is 2.45. The molecule has 0 N–H and O–H groups in total. The van der Waals surface area contributed by atoms with Gasteiger partial charge in [0.15, 0.2) is 0 Å². The highest BCUT2D eigenvalue weighted by molar-refractivity contribution is 5.85. The summed E-state index contributed by atoms with van der Waals surface area (Å²) in [5.41, 5.74) is 1.62. The van der Waals surface area contributed by atoms with Crippen molar-refractivity contribution in [1.29, 1.82) is 0 Å². The average Bonchev–Trinajstić information content (AvgIpc) is 2.85. The molecule has 1 aromatic rings. The van der Waals surface area contributed by atoms with Gasteiger partial charge in [-0.3, -0.25) is 9.48 Å². The predicted octanol–water partition coefficient (Wildman–Crippen LogP) is 1.45. The quantitative estimate of drug-likeness (QED) is 0.811. The zero-order valence-electron chi connectivity index (χ0n) is 11.8.